The van der Waals surface area contributed by atoms with Gasteiger partial charge in [0.05, 0.1) is 5.60 Å². The average Bonchev–Trinajstić information content (AvgIpc) is 2.42. The minimum absolute atomic E-state index is 0.0419. The maximum Gasteiger partial charge on any atom is 0.330 e. The second-order valence-corrected chi connectivity index (χ2v) is 8.26. The van der Waals surface area contributed by atoms with Gasteiger partial charge in [-0.15, -0.1) is 0 Å². The molecule has 0 unspecified atom stereocenters. The smallest absolute Gasteiger partial charge is 0.330 e. The summed E-state index contributed by atoms with van der Waals surface area (Å²) in [5, 5.41) is 0. The second-order valence-electron chi connectivity index (χ2n) is 8.26. The molecule has 4 heteroatoms. The van der Waals surface area contributed by atoms with Gasteiger partial charge in [-0.3, -0.25) is 4.79 Å². The zero-order valence-electron chi connectivity index (χ0n) is 17.4. The van der Waals surface area contributed by atoms with Gasteiger partial charge in [-0.2, -0.15) is 0 Å². The molecule has 1 rings (SSSR count). The number of aryl methyl sites for hydroxylation is 1. The normalized spacial score (nSPS) is 12.1. The molecule has 0 amide bonds. The van der Waals surface area contributed by atoms with Crippen LogP contribution in [0.5, 0.6) is 0 Å². The van der Waals surface area contributed by atoms with Crippen molar-refractivity contribution in [2.75, 3.05) is 0 Å². The van der Waals surface area contributed by atoms with E-state index in [9.17, 15) is 4.79 Å². The van der Waals surface area contributed by atoms with Crippen LogP contribution in [-0.2, 0) is 9.45 Å². The maximum absolute atomic E-state index is 11.0. The number of carbonyl (C=O) groups is 1. The summed E-state index contributed by atoms with van der Waals surface area (Å²) in [5.74, 6) is 0.875. The van der Waals surface area contributed by atoms with E-state index >= 15 is 0 Å². The lowest BCUT2D eigenvalue weighted by Gasteiger charge is -2.38. The average molecular weight is 344 g/mol. The first kappa shape index (κ1) is 23.6. The summed E-state index contributed by atoms with van der Waals surface area (Å²) >= 11 is 0. The molecular weight excluding hydrogens is 309 g/mol. The largest absolute Gasteiger partial charge is 0.428 e. The van der Waals surface area contributed by atoms with Gasteiger partial charge >= 0.3 is 7.48 Å². The zero-order valence-corrected chi connectivity index (χ0v) is 17.4. The molecule has 0 fully saturated rings. The van der Waals surface area contributed by atoms with Crippen molar-refractivity contribution < 1.29 is 9.45 Å². The molecule has 0 aliphatic rings. The van der Waals surface area contributed by atoms with Crippen LogP contribution < -0.4 is 11.2 Å². The summed E-state index contributed by atoms with van der Waals surface area (Å²) in [5.41, 5.74) is 8.30. The predicted molar refractivity (Wildman–Crippen MR) is 110 cm³/mol. The third kappa shape index (κ3) is 9.62. The molecular formula is C21H35BNO2. The molecule has 139 valence electrons. The quantitative estimate of drug-likeness (QED) is 0.626. The van der Waals surface area contributed by atoms with Crippen LogP contribution in [0.1, 0.15) is 66.5 Å². The molecule has 0 spiro atoms. The Labute approximate surface area is 155 Å². The molecule has 0 aromatic heterocycles. The van der Waals surface area contributed by atoms with E-state index in [1.807, 2.05) is 58.9 Å². The van der Waals surface area contributed by atoms with Crippen LogP contribution in [0.2, 0.25) is 0 Å². The topological polar surface area (TPSA) is 52.3 Å². The minimum atomic E-state index is -0.464. The molecule has 2 N–H and O–H groups in total. The van der Waals surface area contributed by atoms with E-state index in [1.54, 1.807) is 20.5 Å². The molecule has 1 aromatic carbocycles. The number of nitrogens with two attached hydrogens (primary N) is 1. The summed E-state index contributed by atoms with van der Waals surface area (Å²) in [6.45, 7) is 17.9. The summed E-state index contributed by atoms with van der Waals surface area (Å²) in [7, 11) is 1.74. The van der Waals surface area contributed by atoms with Crippen LogP contribution in [0, 0.1) is 12.8 Å². The van der Waals surface area contributed by atoms with E-state index in [1.165, 1.54) is 0 Å². The minimum Gasteiger partial charge on any atom is -0.428 e. The van der Waals surface area contributed by atoms with Crippen LogP contribution in [0.25, 0.3) is 6.08 Å². The van der Waals surface area contributed by atoms with Crippen molar-refractivity contribution in [1.29, 1.82) is 0 Å². The second kappa shape index (κ2) is 9.93. The molecule has 0 aliphatic heterocycles. The number of benzene rings is 1. The van der Waals surface area contributed by atoms with Gasteiger partial charge in [0, 0.05) is 5.54 Å². The SMILES string of the molecule is CC(=O)/C=C\c1ccc([B]OC(C)(C)C(C)(C)N)cc1C.CC(C)C. The molecule has 3 nitrogen and oxygen atoms in total. The Morgan fingerprint density at radius 3 is 2.12 bits per heavy atom. The summed E-state index contributed by atoms with van der Waals surface area (Å²) in [4.78, 5) is 11.0. The Morgan fingerprint density at radius 2 is 1.72 bits per heavy atom. The first-order valence-electron chi connectivity index (χ1n) is 8.85. The van der Waals surface area contributed by atoms with Crippen LogP contribution in [0.4, 0.5) is 0 Å². The Bertz CT molecular complexity index is 581. The van der Waals surface area contributed by atoms with Gasteiger partial charge in [0.2, 0.25) is 0 Å². The molecule has 0 saturated carbocycles. The summed E-state index contributed by atoms with van der Waals surface area (Å²) in [6.07, 6.45) is 3.40. The Balaban J connectivity index is 0.00000129. The van der Waals surface area contributed by atoms with Crippen LogP contribution in [0.3, 0.4) is 0 Å². The van der Waals surface area contributed by atoms with E-state index in [0.717, 1.165) is 22.5 Å². The van der Waals surface area contributed by atoms with Crippen molar-refractivity contribution in [2.45, 2.75) is 73.5 Å². The van der Waals surface area contributed by atoms with Crippen molar-refractivity contribution >= 4 is 24.8 Å². The molecule has 25 heavy (non-hydrogen) atoms. The highest BCUT2D eigenvalue weighted by Gasteiger charge is 2.34. The van der Waals surface area contributed by atoms with Crippen molar-refractivity contribution in [3.05, 3.63) is 35.4 Å². The number of hydrogen-bond acceptors (Lipinski definition) is 3. The monoisotopic (exact) mass is 344 g/mol. The van der Waals surface area contributed by atoms with Crippen molar-refractivity contribution in [1.82, 2.24) is 0 Å². The Morgan fingerprint density at radius 1 is 1.20 bits per heavy atom. The van der Waals surface area contributed by atoms with E-state index in [0.29, 0.717) is 0 Å². The van der Waals surface area contributed by atoms with E-state index in [2.05, 4.69) is 20.8 Å². The number of allylic oxidation sites excluding steroid dienone is 1. The fourth-order valence-corrected chi connectivity index (χ4v) is 1.53. The third-order valence-electron chi connectivity index (χ3n) is 3.83. The predicted octanol–water partition coefficient (Wildman–Crippen LogP) is 4.04. The van der Waals surface area contributed by atoms with Gasteiger partial charge < -0.3 is 10.4 Å². The number of carbonyl (C=O) groups excluding carboxylic acids is 1. The number of ketones is 1. The van der Waals surface area contributed by atoms with Gasteiger partial charge in [0.1, 0.15) is 0 Å². The molecule has 1 aromatic rings. The molecule has 0 aliphatic carbocycles. The molecule has 0 heterocycles. The first-order valence-corrected chi connectivity index (χ1v) is 8.85. The van der Waals surface area contributed by atoms with E-state index in [-0.39, 0.29) is 5.78 Å². The van der Waals surface area contributed by atoms with E-state index < -0.39 is 11.1 Å². The zero-order chi connectivity index (χ0) is 19.8. The van der Waals surface area contributed by atoms with Gasteiger partial charge in [0.15, 0.2) is 5.78 Å². The lowest BCUT2D eigenvalue weighted by molar-refractivity contribution is -0.112. The maximum atomic E-state index is 11.0. The lowest BCUT2D eigenvalue weighted by Crippen LogP contribution is -2.55. The Kier molecular flexibility index (Phi) is 9.38. The fourth-order valence-electron chi connectivity index (χ4n) is 1.53. The molecule has 1 radical (unpaired) electrons. The van der Waals surface area contributed by atoms with Crippen LogP contribution in [-0.4, -0.2) is 24.4 Å². The van der Waals surface area contributed by atoms with Crippen molar-refractivity contribution in [2.24, 2.45) is 11.7 Å². The summed E-state index contributed by atoms with van der Waals surface area (Å²) < 4.78 is 5.85. The first-order chi connectivity index (χ1) is 11.3. The van der Waals surface area contributed by atoms with Gasteiger partial charge in [-0.05, 0) is 64.7 Å². The Hall–Kier alpha value is -1.39. The van der Waals surface area contributed by atoms with E-state index in [4.69, 9.17) is 10.4 Å². The van der Waals surface area contributed by atoms with Gasteiger partial charge in [-0.25, -0.2) is 0 Å². The highest BCUT2D eigenvalue weighted by atomic mass is 16.5. The van der Waals surface area contributed by atoms with Gasteiger partial charge in [0.25, 0.3) is 0 Å². The third-order valence-corrected chi connectivity index (χ3v) is 3.83. The highest BCUT2D eigenvalue weighted by molar-refractivity contribution is 6.47. The van der Waals surface area contributed by atoms with Crippen LogP contribution in [0.15, 0.2) is 24.3 Å². The fraction of sp³-hybridized carbons (Fsp3) is 0.571. The highest BCUT2D eigenvalue weighted by Crippen LogP contribution is 2.22. The van der Waals surface area contributed by atoms with Crippen LogP contribution >= 0.6 is 0 Å². The molecule has 0 saturated heterocycles. The number of hydrogen-bond donors (Lipinski definition) is 1. The van der Waals surface area contributed by atoms with Crippen molar-refractivity contribution in [3.63, 3.8) is 0 Å². The van der Waals surface area contributed by atoms with Gasteiger partial charge in [-0.1, -0.05) is 50.5 Å². The standard InChI is InChI=1S/C17H25BNO2.C4H10/c1-12-11-15(10-9-14(12)8-7-13(2)20)18-21-17(5,6)16(3,4)19;1-4(2)3/h7-11H,19H2,1-6H3;4H,1-3H3/b8-7-;. The lowest BCUT2D eigenvalue weighted by atomic mass is 9.80. The van der Waals surface area contributed by atoms with Crippen molar-refractivity contribution in [3.8, 4) is 0 Å². The molecule has 0 bridgehead atoms. The number of rotatable bonds is 6. The summed E-state index contributed by atoms with van der Waals surface area (Å²) in [6, 6.07) is 5.97. The molecule has 0 atom stereocenters.